The van der Waals surface area contributed by atoms with Crippen LogP contribution >= 0.6 is 15.9 Å². The lowest BCUT2D eigenvalue weighted by atomic mass is 10.0. The molecule has 21 heavy (non-hydrogen) atoms. The SMILES string of the molecule is CCCNC(c1cccc(N(C)C)c1)c1c(Br)cnn1C. The van der Waals surface area contributed by atoms with E-state index in [1.807, 2.05) is 17.9 Å². The largest absolute Gasteiger partial charge is 0.378 e. The van der Waals surface area contributed by atoms with Crippen LogP contribution in [0.5, 0.6) is 0 Å². The maximum Gasteiger partial charge on any atom is 0.0760 e. The first-order valence-electron chi connectivity index (χ1n) is 7.22. The molecule has 114 valence electrons. The van der Waals surface area contributed by atoms with Crippen LogP contribution in [-0.4, -0.2) is 30.4 Å². The summed E-state index contributed by atoms with van der Waals surface area (Å²) in [5.74, 6) is 0. The average Bonchev–Trinajstić information content (AvgIpc) is 2.80. The molecule has 0 fully saturated rings. The molecule has 0 radical (unpaired) electrons. The fourth-order valence-electron chi connectivity index (χ4n) is 2.39. The number of hydrogen-bond acceptors (Lipinski definition) is 3. The van der Waals surface area contributed by atoms with Crippen molar-refractivity contribution in [2.24, 2.45) is 7.05 Å². The first-order chi connectivity index (χ1) is 10.0. The lowest BCUT2D eigenvalue weighted by Gasteiger charge is -2.22. The van der Waals surface area contributed by atoms with Gasteiger partial charge in [0.2, 0.25) is 0 Å². The van der Waals surface area contributed by atoms with Crippen LogP contribution in [-0.2, 0) is 7.05 Å². The van der Waals surface area contributed by atoms with Gasteiger partial charge in [0.15, 0.2) is 0 Å². The molecule has 0 spiro atoms. The minimum atomic E-state index is 0.131. The highest BCUT2D eigenvalue weighted by Crippen LogP contribution is 2.29. The molecule has 1 N–H and O–H groups in total. The molecular formula is C16H23BrN4. The van der Waals surface area contributed by atoms with Gasteiger partial charge in [-0.05, 0) is 46.6 Å². The van der Waals surface area contributed by atoms with Gasteiger partial charge in [-0.1, -0.05) is 19.1 Å². The quantitative estimate of drug-likeness (QED) is 0.867. The molecule has 2 rings (SSSR count). The van der Waals surface area contributed by atoms with Crippen LogP contribution in [0.4, 0.5) is 5.69 Å². The minimum absolute atomic E-state index is 0.131. The first-order valence-corrected chi connectivity index (χ1v) is 8.02. The van der Waals surface area contributed by atoms with Crippen molar-refractivity contribution in [3.05, 3.63) is 46.2 Å². The predicted molar refractivity (Wildman–Crippen MR) is 91.8 cm³/mol. The van der Waals surface area contributed by atoms with Crippen molar-refractivity contribution in [3.63, 3.8) is 0 Å². The number of aryl methyl sites for hydroxylation is 1. The fourth-order valence-corrected chi connectivity index (χ4v) is 2.97. The zero-order valence-electron chi connectivity index (χ0n) is 13.1. The second kappa shape index (κ2) is 7.09. The molecule has 5 heteroatoms. The molecule has 0 amide bonds. The van der Waals surface area contributed by atoms with E-state index in [2.05, 4.69) is 76.5 Å². The Balaban J connectivity index is 2.43. The molecule has 0 bridgehead atoms. The smallest absolute Gasteiger partial charge is 0.0760 e. The normalized spacial score (nSPS) is 12.4. The Morgan fingerprint density at radius 2 is 2.14 bits per heavy atom. The Labute approximate surface area is 135 Å². The Hall–Kier alpha value is -1.33. The lowest BCUT2D eigenvalue weighted by Crippen LogP contribution is -2.26. The number of anilines is 1. The van der Waals surface area contributed by atoms with E-state index in [-0.39, 0.29) is 6.04 Å². The van der Waals surface area contributed by atoms with Crippen molar-refractivity contribution in [1.29, 1.82) is 0 Å². The highest BCUT2D eigenvalue weighted by atomic mass is 79.9. The minimum Gasteiger partial charge on any atom is -0.378 e. The average molecular weight is 351 g/mol. The first kappa shape index (κ1) is 16.0. The third kappa shape index (κ3) is 3.66. The molecule has 0 aliphatic carbocycles. The summed E-state index contributed by atoms with van der Waals surface area (Å²) in [5, 5.41) is 7.97. The Kier molecular flexibility index (Phi) is 5.42. The van der Waals surface area contributed by atoms with Crippen LogP contribution in [0.3, 0.4) is 0 Å². The molecule has 2 aromatic rings. The molecule has 0 aliphatic rings. The van der Waals surface area contributed by atoms with E-state index < -0.39 is 0 Å². The van der Waals surface area contributed by atoms with Gasteiger partial charge in [-0.2, -0.15) is 5.10 Å². The Bertz CT molecular complexity index is 572. The second-order valence-corrected chi connectivity index (χ2v) is 6.23. The van der Waals surface area contributed by atoms with Crippen molar-refractivity contribution in [2.45, 2.75) is 19.4 Å². The number of aromatic nitrogens is 2. The molecule has 0 aliphatic heterocycles. The molecule has 1 atom stereocenters. The van der Waals surface area contributed by atoms with Crippen molar-refractivity contribution >= 4 is 21.6 Å². The molecule has 1 aromatic carbocycles. The van der Waals surface area contributed by atoms with E-state index in [1.54, 1.807) is 0 Å². The summed E-state index contributed by atoms with van der Waals surface area (Å²) in [6.45, 7) is 3.15. The third-order valence-electron chi connectivity index (χ3n) is 3.53. The summed E-state index contributed by atoms with van der Waals surface area (Å²) < 4.78 is 2.97. The van der Waals surface area contributed by atoms with Gasteiger partial charge >= 0.3 is 0 Å². The van der Waals surface area contributed by atoms with Crippen molar-refractivity contribution in [3.8, 4) is 0 Å². The van der Waals surface area contributed by atoms with Crippen molar-refractivity contribution in [1.82, 2.24) is 15.1 Å². The van der Waals surface area contributed by atoms with Crippen molar-refractivity contribution in [2.75, 3.05) is 25.5 Å². The fraction of sp³-hybridized carbons (Fsp3) is 0.438. The number of benzene rings is 1. The van der Waals surface area contributed by atoms with Gasteiger partial charge in [0, 0.05) is 26.8 Å². The highest BCUT2D eigenvalue weighted by Gasteiger charge is 2.20. The molecular weight excluding hydrogens is 328 g/mol. The van der Waals surface area contributed by atoms with E-state index in [9.17, 15) is 0 Å². The highest BCUT2D eigenvalue weighted by molar-refractivity contribution is 9.10. The van der Waals surface area contributed by atoms with Crippen LogP contribution in [0, 0.1) is 0 Å². The summed E-state index contributed by atoms with van der Waals surface area (Å²) in [6, 6.07) is 8.76. The number of nitrogens with zero attached hydrogens (tertiary/aromatic N) is 3. The summed E-state index contributed by atoms with van der Waals surface area (Å²) in [4.78, 5) is 2.12. The summed E-state index contributed by atoms with van der Waals surface area (Å²) in [7, 11) is 6.11. The number of nitrogens with one attached hydrogen (secondary N) is 1. The number of hydrogen-bond donors (Lipinski definition) is 1. The van der Waals surface area contributed by atoms with Crippen LogP contribution in [0.1, 0.15) is 30.6 Å². The van der Waals surface area contributed by atoms with Crippen LogP contribution in [0.15, 0.2) is 34.9 Å². The van der Waals surface area contributed by atoms with E-state index in [0.29, 0.717) is 0 Å². The lowest BCUT2D eigenvalue weighted by molar-refractivity contribution is 0.552. The van der Waals surface area contributed by atoms with Gasteiger partial charge in [-0.3, -0.25) is 4.68 Å². The van der Waals surface area contributed by atoms with Crippen LogP contribution < -0.4 is 10.2 Å². The maximum absolute atomic E-state index is 4.35. The number of halogens is 1. The standard InChI is InChI=1S/C16H23BrN4/c1-5-9-18-15(16-14(17)11-19-21(16)4)12-7-6-8-13(10-12)20(2)3/h6-8,10-11,15,18H,5,9H2,1-4H3. The van der Waals surface area contributed by atoms with Gasteiger partial charge in [0.1, 0.15) is 0 Å². The van der Waals surface area contributed by atoms with E-state index in [0.717, 1.165) is 23.1 Å². The Morgan fingerprint density at radius 1 is 1.38 bits per heavy atom. The van der Waals surface area contributed by atoms with Gasteiger partial charge in [-0.15, -0.1) is 0 Å². The maximum atomic E-state index is 4.35. The second-order valence-electron chi connectivity index (χ2n) is 5.38. The van der Waals surface area contributed by atoms with Crippen LogP contribution in [0.25, 0.3) is 0 Å². The van der Waals surface area contributed by atoms with Gasteiger partial charge < -0.3 is 10.2 Å². The zero-order valence-corrected chi connectivity index (χ0v) is 14.7. The molecule has 1 aromatic heterocycles. The summed E-state index contributed by atoms with van der Waals surface area (Å²) in [5.41, 5.74) is 3.60. The predicted octanol–water partition coefficient (Wildman–Crippen LogP) is 3.34. The number of rotatable bonds is 6. The summed E-state index contributed by atoms with van der Waals surface area (Å²) in [6.07, 6.45) is 2.95. The Morgan fingerprint density at radius 3 is 2.71 bits per heavy atom. The molecule has 4 nitrogen and oxygen atoms in total. The third-order valence-corrected chi connectivity index (χ3v) is 4.14. The van der Waals surface area contributed by atoms with Crippen molar-refractivity contribution < 1.29 is 0 Å². The van der Waals surface area contributed by atoms with E-state index in [1.165, 1.54) is 11.3 Å². The van der Waals surface area contributed by atoms with Gasteiger partial charge in [-0.25, -0.2) is 0 Å². The van der Waals surface area contributed by atoms with E-state index in [4.69, 9.17) is 0 Å². The molecule has 0 saturated carbocycles. The van der Waals surface area contributed by atoms with E-state index >= 15 is 0 Å². The van der Waals surface area contributed by atoms with Crippen LogP contribution in [0.2, 0.25) is 0 Å². The monoisotopic (exact) mass is 350 g/mol. The topological polar surface area (TPSA) is 33.1 Å². The zero-order chi connectivity index (χ0) is 15.4. The molecule has 0 saturated heterocycles. The van der Waals surface area contributed by atoms with Gasteiger partial charge in [0.05, 0.1) is 22.4 Å². The van der Waals surface area contributed by atoms with Gasteiger partial charge in [0.25, 0.3) is 0 Å². The molecule has 1 unspecified atom stereocenters. The summed E-state index contributed by atoms with van der Waals surface area (Å²) >= 11 is 3.62. The molecule has 1 heterocycles.